The lowest BCUT2D eigenvalue weighted by molar-refractivity contribution is 0.120. The maximum atomic E-state index is 5.58. The molecule has 1 aromatic carbocycles. The first kappa shape index (κ1) is 16.5. The molecule has 0 amide bonds. The van der Waals surface area contributed by atoms with Gasteiger partial charge in [0.15, 0.2) is 5.69 Å². The molecule has 134 valence electrons. The maximum Gasteiger partial charge on any atom is 0.278 e. The van der Waals surface area contributed by atoms with Gasteiger partial charge in [-0.15, -0.1) is 10.2 Å². The average molecular weight is 353 g/mol. The summed E-state index contributed by atoms with van der Waals surface area (Å²) in [5, 5.41) is 15.6. The minimum Gasteiger partial charge on any atom is -0.497 e. The van der Waals surface area contributed by atoms with E-state index in [1.807, 2.05) is 30.3 Å². The van der Waals surface area contributed by atoms with Gasteiger partial charge in [-0.3, -0.25) is 0 Å². The average Bonchev–Trinajstić information content (AvgIpc) is 3.39. The Labute approximate surface area is 150 Å². The molecule has 1 atom stereocenters. The predicted octanol–water partition coefficient (Wildman–Crippen LogP) is 2.79. The predicted molar refractivity (Wildman–Crippen MR) is 94.8 cm³/mol. The van der Waals surface area contributed by atoms with E-state index in [2.05, 4.69) is 25.7 Å². The molecule has 1 aliphatic heterocycles. The third-order valence-corrected chi connectivity index (χ3v) is 4.19. The summed E-state index contributed by atoms with van der Waals surface area (Å²) in [6.45, 7) is 1.57. The fourth-order valence-electron chi connectivity index (χ4n) is 2.75. The van der Waals surface area contributed by atoms with E-state index in [-0.39, 0.29) is 6.10 Å². The third kappa shape index (κ3) is 3.65. The highest BCUT2D eigenvalue weighted by Gasteiger charge is 2.16. The third-order valence-electron chi connectivity index (χ3n) is 4.19. The molecule has 8 nitrogen and oxygen atoms in total. The Bertz CT molecular complexity index is 842. The number of hydrogen-bond donors (Lipinski definition) is 1. The van der Waals surface area contributed by atoms with Crippen molar-refractivity contribution in [3.63, 3.8) is 0 Å². The molecular formula is C18H19N5O3. The number of anilines is 1. The first-order valence-electron chi connectivity index (χ1n) is 8.49. The van der Waals surface area contributed by atoms with Gasteiger partial charge < -0.3 is 19.3 Å². The molecule has 8 heteroatoms. The van der Waals surface area contributed by atoms with Crippen LogP contribution in [0.3, 0.4) is 0 Å². The number of methoxy groups -OCH3 is 1. The first-order valence-corrected chi connectivity index (χ1v) is 8.49. The van der Waals surface area contributed by atoms with E-state index in [1.54, 1.807) is 13.2 Å². The van der Waals surface area contributed by atoms with Crippen molar-refractivity contribution in [1.82, 2.24) is 20.3 Å². The lowest BCUT2D eigenvalue weighted by Gasteiger charge is -2.10. The standard InChI is InChI=1S/C18H19N5O3/c1-24-13-6-4-12(5-7-13)17-20-18(26-23-17)15-8-9-16(22-21-15)19-11-14-3-2-10-25-14/h4-9,14H,2-3,10-11H2,1H3,(H,19,22)/t14-/m1/s1. The Balaban J connectivity index is 1.43. The minimum absolute atomic E-state index is 0.250. The molecule has 2 aromatic heterocycles. The van der Waals surface area contributed by atoms with Crippen molar-refractivity contribution in [2.45, 2.75) is 18.9 Å². The van der Waals surface area contributed by atoms with E-state index in [0.29, 0.717) is 23.2 Å². The van der Waals surface area contributed by atoms with Crippen molar-refractivity contribution in [3.8, 4) is 28.7 Å². The molecule has 0 radical (unpaired) electrons. The normalized spacial score (nSPS) is 16.6. The topological polar surface area (TPSA) is 95.2 Å². The molecule has 1 aliphatic rings. The zero-order chi connectivity index (χ0) is 17.8. The molecule has 1 N–H and O–H groups in total. The lowest BCUT2D eigenvalue weighted by Crippen LogP contribution is -2.19. The summed E-state index contributed by atoms with van der Waals surface area (Å²) in [4.78, 5) is 4.38. The van der Waals surface area contributed by atoms with Gasteiger partial charge in [0.25, 0.3) is 5.89 Å². The Kier molecular flexibility index (Phi) is 4.74. The van der Waals surface area contributed by atoms with E-state index >= 15 is 0 Å². The molecule has 1 fully saturated rings. The van der Waals surface area contributed by atoms with Crippen LogP contribution in [0.5, 0.6) is 5.75 Å². The van der Waals surface area contributed by atoms with Crippen LogP contribution in [-0.2, 0) is 4.74 Å². The van der Waals surface area contributed by atoms with E-state index in [9.17, 15) is 0 Å². The van der Waals surface area contributed by atoms with Gasteiger partial charge in [-0.05, 0) is 49.2 Å². The summed E-state index contributed by atoms with van der Waals surface area (Å²) in [6, 6.07) is 11.1. The van der Waals surface area contributed by atoms with Gasteiger partial charge in [0.05, 0.1) is 13.2 Å². The van der Waals surface area contributed by atoms with Crippen LogP contribution in [-0.4, -0.2) is 46.7 Å². The molecule has 3 aromatic rings. The van der Waals surface area contributed by atoms with Crippen molar-refractivity contribution in [3.05, 3.63) is 36.4 Å². The molecule has 0 spiro atoms. The van der Waals surface area contributed by atoms with Crippen molar-refractivity contribution < 1.29 is 14.0 Å². The first-order chi connectivity index (χ1) is 12.8. The second kappa shape index (κ2) is 7.49. The van der Waals surface area contributed by atoms with Crippen LogP contribution in [0, 0.1) is 0 Å². The summed E-state index contributed by atoms with van der Waals surface area (Å²) in [6.07, 6.45) is 2.44. The summed E-state index contributed by atoms with van der Waals surface area (Å²) in [7, 11) is 1.62. The van der Waals surface area contributed by atoms with Crippen LogP contribution in [0.2, 0.25) is 0 Å². The second-order valence-electron chi connectivity index (χ2n) is 5.97. The highest BCUT2D eigenvalue weighted by Crippen LogP contribution is 2.23. The van der Waals surface area contributed by atoms with Crippen molar-refractivity contribution in [2.75, 3.05) is 25.6 Å². The summed E-state index contributed by atoms with van der Waals surface area (Å²) in [5.74, 6) is 2.28. The van der Waals surface area contributed by atoms with E-state index in [4.69, 9.17) is 14.0 Å². The molecule has 0 unspecified atom stereocenters. The number of nitrogens with zero attached hydrogens (tertiary/aromatic N) is 4. The highest BCUT2D eigenvalue weighted by molar-refractivity contribution is 5.59. The van der Waals surface area contributed by atoms with Crippen LogP contribution < -0.4 is 10.1 Å². The molecule has 4 rings (SSSR count). The molecule has 26 heavy (non-hydrogen) atoms. The molecule has 3 heterocycles. The van der Waals surface area contributed by atoms with Gasteiger partial charge >= 0.3 is 0 Å². The number of aromatic nitrogens is 4. The Morgan fingerprint density at radius 2 is 2.04 bits per heavy atom. The van der Waals surface area contributed by atoms with Gasteiger partial charge in [0.1, 0.15) is 11.6 Å². The molecule has 0 bridgehead atoms. The Hall–Kier alpha value is -3.00. The van der Waals surface area contributed by atoms with E-state index in [1.165, 1.54) is 0 Å². The second-order valence-corrected chi connectivity index (χ2v) is 5.97. The SMILES string of the molecule is COc1ccc(-c2noc(-c3ccc(NC[C@H]4CCCO4)nn3)n2)cc1. The molecular weight excluding hydrogens is 334 g/mol. The summed E-state index contributed by atoms with van der Waals surface area (Å²) >= 11 is 0. The summed E-state index contributed by atoms with van der Waals surface area (Å²) in [5.41, 5.74) is 1.36. The van der Waals surface area contributed by atoms with Crippen molar-refractivity contribution in [1.29, 1.82) is 0 Å². The highest BCUT2D eigenvalue weighted by atomic mass is 16.5. The van der Waals surface area contributed by atoms with Crippen LogP contribution in [0.1, 0.15) is 12.8 Å². The van der Waals surface area contributed by atoms with E-state index in [0.717, 1.165) is 37.3 Å². The number of ether oxygens (including phenoxy) is 2. The fraction of sp³-hybridized carbons (Fsp3) is 0.333. The van der Waals surface area contributed by atoms with Crippen LogP contribution in [0.4, 0.5) is 5.82 Å². The largest absolute Gasteiger partial charge is 0.497 e. The smallest absolute Gasteiger partial charge is 0.278 e. The summed E-state index contributed by atoms with van der Waals surface area (Å²) < 4.78 is 16.0. The fourth-order valence-corrected chi connectivity index (χ4v) is 2.75. The molecule has 1 saturated heterocycles. The van der Waals surface area contributed by atoms with Gasteiger partial charge in [-0.2, -0.15) is 4.98 Å². The van der Waals surface area contributed by atoms with Gasteiger partial charge in [0.2, 0.25) is 5.82 Å². The molecule has 0 aliphatic carbocycles. The minimum atomic E-state index is 0.250. The van der Waals surface area contributed by atoms with E-state index < -0.39 is 0 Å². The van der Waals surface area contributed by atoms with Gasteiger partial charge in [0, 0.05) is 18.7 Å². The quantitative estimate of drug-likeness (QED) is 0.723. The number of nitrogens with one attached hydrogen (secondary N) is 1. The zero-order valence-electron chi connectivity index (χ0n) is 14.4. The Morgan fingerprint density at radius 1 is 1.15 bits per heavy atom. The van der Waals surface area contributed by atoms with Crippen molar-refractivity contribution >= 4 is 5.82 Å². The van der Waals surface area contributed by atoms with Crippen LogP contribution in [0.25, 0.3) is 23.0 Å². The van der Waals surface area contributed by atoms with Gasteiger partial charge in [-0.25, -0.2) is 0 Å². The monoisotopic (exact) mass is 353 g/mol. The molecule has 0 saturated carbocycles. The zero-order valence-corrected chi connectivity index (χ0v) is 14.4. The van der Waals surface area contributed by atoms with Gasteiger partial charge in [-0.1, -0.05) is 5.16 Å². The Morgan fingerprint density at radius 3 is 2.73 bits per heavy atom. The van der Waals surface area contributed by atoms with Crippen LogP contribution in [0.15, 0.2) is 40.9 Å². The van der Waals surface area contributed by atoms with Crippen LogP contribution >= 0.6 is 0 Å². The van der Waals surface area contributed by atoms with Crippen molar-refractivity contribution in [2.24, 2.45) is 0 Å². The number of hydrogen-bond acceptors (Lipinski definition) is 8. The number of rotatable bonds is 6. The maximum absolute atomic E-state index is 5.58. The lowest BCUT2D eigenvalue weighted by atomic mass is 10.2. The number of benzene rings is 1.